The van der Waals surface area contributed by atoms with Crippen molar-refractivity contribution in [3.63, 3.8) is 0 Å². The first kappa shape index (κ1) is 23.4. The normalized spacial score (nSPS) is 19.8. The Morgan fingerprint density at radius 3 is 2.21 bits per heavy atom. The van der Waals surface area contributed by atoms with Gasteiger partial charge in [0, 0.05) is 38.8 Å². The van der Waals surface area contributed by atoms with Crippen molar-refractivity contribution in [2.24, 2.45) is 18.0 Å². The van der Waals surface area contributed by atoms with E-state index in [0.717, 1.165) is 23.5 Å². The number of halogens is 1. The lowest BCUT2D eigenvalue weighted by molar-refractivity contribution is 0.186. The van der Waals surface area contributed by atoms with Crippen molar-refractivity contribution in [3.05, 3.63) is 11.6 Å². The summed E-state index contributed by atoms with van der Waals surface area (Å²) in [6, 6.07) is 1.06. The number of hydrogen-bond acceptors (Lipinski definition) is 4. The molecule has 0 radical (unpaired) electrons. The van der Waals surface area contributed by atoms with Crippen molar-refractivity contribution in [2.75, 3.05) is 19.6 Å². The summed E-state index contributed by atoms with van der Waals surface area (Å²) in [5.74, 6) is 3.53. The van der Waals surface area contributed by atoms with Crippen LogP contribution in [-0.4, -0.2) is 57.3 Å². The molecule has 7 nitrogen and oxygen atoms in total. The average molecular weight is 503 g/mol. The number of likely N-dealkylation sites (tertiary alicyclic amines) is 1. The van der Waals surface area contributed by atoms with Gasteiger partial charge in [-0.3, -0.25) is 0 Å². The molecule has 1 aromatic rings. The van der Waals surface area contributed by atoms with Crippen LogP contribution in [0.4, 0.5) is 0 Å². The highest BCUT2D eigenvalue weighted by Crippen LogP contribution is 2.18. The van der Waals surface area contributed by atoms with Crippen LogP contribution in [0, 0.1) is 12.8 Å². The van der Waals surface area contributed by atoms with Crippen LogP contribution in [0.3, 0.4) is 0 Å². The van der Waals surface area contributed by atoms with Gasteiger partial charge in [0.25, 0.3) is 0 Å². The molecule has 0 aromatic carbocycles. The predicted octanol–water partition coefficient (Wildman–Crippen LogP) is 2.84. The van der Waals surface area contributed by atoms with Crippen LogP contribution in [0.25, 0.3) is 0 Å². The Labute approximate surface area is 187 Å². The predicted molar refractivity (Wildman–Crippen MR) is 125 cm³/mol. The van der Waals surface area contributed by atoms with E-state index < -0.39 is 0 Å². The fraction of sp³-hybridized carbons (Fsp3) is 0.850. The number of nitrogens with zero attached hydrogens (tertiary/aromatic N) is 5. The standard InChI is InChI=1S/C20H37N7.HI/c1-15(2)14-27-11-9-18(10-12-27)23-20(22-17-7-5-6-8-17)21-13-19-25-24-16(3)26(19)4;/h15,17-18H,5-14H2,1-4H3,(H2,21,22,23);1H. The van der Waals surface area contributed by atoms with Gasteiger partial charge in [0.2, 0.25) is 0 Å². The Kier molecular flexibility index (Phi) is 9.46. The van der Waals surface area contributed by atoms with Crippen LogP contribution in [0.15, 0.2) is 4.99 Å². The Morgan fingerprint density at radius 1 is 1.07 bits per heavy atom. The highest BCUT2D eigenvalue weighted by molar-refractivity contribution is 14.0. The quantitative estimate of drug-likeness (QED) is 0.355. The molecule has 2 N–H and O–H groups in total. The molecule has 2 aliphatic rings. The van der Waals surface area contributed by atoms with E-state index in [1.807, 2.05) is 18.5 Å². The van der Waals surface area contributed by atoms with E-state index in [1.54, 1.807) is 0 Å². The molecule has 2 heterocycles. The van der Waals surface area contributed by atoms with Crippen LogP contribution in [0.5, 0.6) is 0 Å². The molecule has 0 unspecified atom stereocenters. The van der Waals surface area contributed by atoms with E-state index >= 15 is 0 Å². The number of piperidine rings is 1. The first-order chi connectivity index (χ1) is 13.0. The largest absolute Gasteiger partial charge is 0.354 e. The molecule has 0 amide bonds. The van der Waals surface area contributed by atoms with E-state index in [4.69, 9.17) is 4.99 Å². The Balaban J connectivity index is 0.00000280. The lowest BCUT2D eigenvalue weighted by Gasteiger charge is -2.34. The van der Waals surface area contributed by atoms with Gasteiger partial charge in [-0.05, 0) is 38.5 Å². The Morgan fingerprint density at radius 2 is 1.68 bits per heavy atom. The highest BCUT2D eigenvalue weighted by Gasteiger charge is 2.22. The number of aromatic nitrogens is 3. The summed E-state index contributed by atoms with van der Waals surface area (Å²) in [4.78, 5) is 7.44. The number of aliphatic imine (C=N–C) groups is 1. The third-order valence-electron chi connectivity index (χ3n) is 5.81. The second kappa shape index (κ2) is 11.3. The third-order valence-corrected chi connectivity index (χ3v) is 5.81. The Bertz CT molecular complexity index is 614. The fourth-order valence-electron chi connectivity index (χ4n) is 4.10. The molecular weight excluding hydrogens is 465 g/mol. The van der Waals surface area contributed by atoms with E-state index in [1.165, 1.54) is 58.2 Å². The zero-order valence-corrected chi connectivity index (χ0v) is 20.3. The molecule has 160 valence electrons. The lowest BCUT2D eigenvalue weighted by Crippen LogP contribution is -2.50. The van der Waals surface area contributed by atoms with Gasteiger partial charge in [-0.15, -0.1) is 34.2 Å². The fourth-order valence-corrected chi connectivity index (χ4v) is 4.10. The van der Waals surface area contributed by atoms with Crippen molar-refractivity contribution < 1.29 is 0 Å². The molecule has 0 spiro atoms. The number of rotatable bonds is 6. The molecule has 1 saturated heterocycles. The summed E-state index contributed by atoms with van der Waals surface area (Å²) >= 11 is 0. The molecule has 1 saturated carbocycles. The lowest BCUT2D eigenvalue weighted by atomic mass is 10.0. The van der Waals surface area contributed by atoms with E-state index in [0.29, 0.717) is 18.6 Å². The summed E-state index contributed by atoms with van der Waals surface area (Å²) in [6.07, 6.45) is 7.50. The smallest absolute Gasteiger partial charge is 0.192 e. The van der Waals surface area contributed by atoms with Gasteiger partial charge in [0.05, 0.1) is 0 Å². The number of nitrogens with one attached hydrogen (secondary N) is 2. The first-order valence-electron chi connectivity index (χ1n) is 10.7. The molecule has 3 rings (SSSR count). The van der Waals surface area contributed by atoms with Crippen LogP contribution in [-0.2, 0) is 13.6 Å². The summed E-state index contributed by atoms with van der Waals surface area (Å²) < 4.78 is 2.01. The zero-order chi connectivity index (χ0) is 19.2. The van der Waals surface area contributed by atoms with Crippen LogP contribution >= 0.6 is 24.0 Å². The second-order valence-electron chi connectivity index (χ2n) is 8.63. The van der Waals surface area contributed by atoms with Gasteiger partial charge in [-0.2, -0.15) is 0 Å². The van der Waals surface area contributed by atoms with Gasteiger partial charge in [0.1, 0.15) is 12.4 Å². The molecule has 28 heavy (non-hydrogen) atoms. The monoisotopic (exact) mass is 503 g/mol. The van der Waals surface area contributed by atoms with Gasteiger partial charge < -0.3 is 20.1 Å². The maximum atomic E-state index is 4.85. The number of hydrogen-bond donors (Lipinski definition) is 2. The van der Waals surface area contributed by atoms with E-state index in [9.17, 15) is 0 Å². The number of guanidine groups is 1. The summed E-state index contributed by atoms with van der Waals surface area (Å²) in [5, 5.41) is 15.8. The van der Waals surface area contributed by atoms with Crippen LogP contribution in [0.2, 0.25) is 0 Å². The first-order valence-corrected chi connectivity index (χ1v) is 10.7. The minimum atomic E-state index is 0. The Hall–Kier alpha value is -0.900. The maximum Gasteiger partial charge on any atom is 0.192 e. The van der Waals surface area contributed by atoms with Gasteiger partial charge in [0.15, 0.2) is 11.8 Å². The summed E-state index contributed by atoms with van der Waals surface area (Å²) in [5.41, 5.74) is 0. The van der Waals surface area contributed by atoms with Crippen molar-refractivity contribution >= 4 is 29.9 Å². The van der Waals surface area contributed by atoms with E-state index in [-0.39, 0.29) is 24.0 Å². The van der Waals surface area contributed by atoms with E-state index in [2.05, 4.69) is 39.6 Å². The molecule has 0 bridgehead atoms. The molecule has 2 fully saturated rings. The maximum absolute atomic E-state index is 4.85. The zero-order valence-electron chi connectivity index (χ0n) is 17.9. The molecule has 0 atom stereocenters. The number of aryl methyl sites for hydroxylation is 1. The van der Waals surface area contributed by atoms with Crippen LogP contribution in [0.1, 0.15) is 64.0 Å². The SMILES string of the molecule is Cc1nnc(CN=C(NC2CCCC2)NC2CCN(CC(C)C)CC2)n1C.I. The topological polar surface area (TPSA) is 70.4 Å². The molecular formula is C20H38IN7. The third kappa shape index (κ3) is 6.86. The van der Waals surface area contributed by atoms with Crippen molar-refractivity contribution in [3.8, 4) is 0 Å². The average Bonchev–Trinajstić information content (AvgIpc) is 3.25. The molecule has 1 aliphatic carbocycles. The van der Waals surface area contributed by atoms with Gasteiger partial charge in [-0.1, -0.05) is 26.7 Å². The van der Waals surface area contributed by atoms with Crippen molar-refractivity contribution in [1.29, 1.82) is 0 Å². The molecule has 1 aliphatic heterocycles. The van der Waals surface area contributed by atoms with Gasteiger partial charge in [-0.25, -0.2) is 4.99 Å². The summed E-state index contributed by atoms with van der Waals surface area (Å²) in [7, 11) is 2.00. The second-order valence-corrected chi connectivity index (χ2v) is 8.63. The molecule has 8 heteroatoms. The highest BCUT2D eigenvalue weighted by atomic mass is 127. The minimum Gasteiger partial charge on any atom is -0.354 e. The van der Waals surface area contributed by atoms with Crippen molar-refractivity contribution in [2.45, 2.75) is 77.9 Å². The van der Waals surface area contributed by atoms with Gasteiger partial charge >= 0.3 is 0 Å². The molecule has 1 aromatic heterocycles. The van der Waals surface area contributed by atoms with Crippen molar-refractivity contribution in [1.82, 2.24) is 30.3 Å². The summed E-state index contributed by atoms with van der Waals surface area (Å²) in [6.45, 7) is 10.7. The minimum absolute atomic E-state index is 0. The van der Waals surface area contributed by atoms with Crippen LogP contribution < -0.4 is 10.6 Å².